The van der Waals surface area contributed by atoms with Crippen molar-refractivity contribution in [1.29, 1.82) is 0 Å². The summed E-state index contributed by atoms with van der Waals surface area (Å²) in [5, 5.41) is 4.84. The molecule has 0 radical (unpaired) electrons. The molecule has 0 unspecified atom stereocenters. The molecule has 0 atom stereocenters. The van der Waals surface area contributed by atoms with Crippen molar-refractivity contribution in [3.8, 4) is 17.2 Å². The third-order valence-corrected chi connectivity index (χ3v) is 5.88. The monoisotopic (exact) mass is 559 g/mol. The molecule has 1 aliphatic rings. The van der Waals surface area contributed by atoms with E-state index in [0.29, 0.717) is 17.0 Å². The first-order chi connectivity index (χ1) is 19.7. The van der Waals surface area contributed by atoms with Crippen molar-refractivity contribution in [1.82, 2.24) is 5.32 Å². The van der Waals surface area contributed by atoms with Gasteiger partial charge in [0.05, 0.1) is 32.6 Å². The van der Waals surface area contributed by atoms with Crippen LogP contribution < -0.4 is 29.7 Å². The molecule has 2 N–H and O–H groups in total. The number of amides is 5. The van der Waals surface area contributed by atoms with E-state index < -0.39 is 29.7 Å². The molecule has 41 heavy (non-hydrogen) atoms. The third kappa shape index (κ3) is 6.50. The van der Waals surface area contributed by atoms with Gasteiger partial charge in [0.25, 0.3) is 17.7 Å². The highest BCUT2D eigenvalue weighted by Gasteiger charge is 2.37. The summed E-state index contributed by atoms with van der Waals surface area (Å²) in [6, 6.07) is 16.0. The van der Waals surface area contributed by atoms with Crippen molar-refractivity contribution >= 4 is 47.2 Å². The van der Waals surface area contributed by atoms with Crippen molar-refractivity contribution in [3.63, 3.8) is 0 Å². The maximum absolute atomic E-state index is 13.2. The SMILES string of the molecule is COC(=O)c1ccc(N2C(=O)NC(=O)/C(=C/c3ccc(OCC(=O)Nc4ccc(OC)cc4)c(OC)c3)C2=O)cc1. The lowest BCUT2D eigenvalue weighted by molar-refractivity contribution is -0.122. The first-order valence-electron chi connectivity index (χ1n) is 12.1. The van der Waals surface area contributed by atoms with Crippen LogP contribution in [0.2, 0.25) is 0 Å². The Morgan fingerprint density at radius 1 is 0.878 bits per heavy atom. The molecular formula is C29H25N3O9. The molecule has 1 aliphatic heterocycles. The van der Waals surface area contributed by atoms with E-state index in [1.54, 1.807) is 37.4 Å². The number of imide groups is 2. The number of esters is 1. The molecule has 0 saturated carbocycles. The summed E-state index contributed by atoms with van der Waals surface area (Å²) in [4.78, 5) is 63.0. The number of nitrogens with zero attached hydrogens (tertiary/aromatic N) is 1. The molecule has 0 aliphatic carbocycles. The molecule has 0 aromatic heterocycles. The van der Waals surface area contributed by atoms with Crippen molar-refractivity contribution in [2.75, 3.05) is 38.2 Å². The zero-order valence-corrected chi connectivity index (χ0v) is 22.3. The summed E-state index contributed by atoms with van der Waals surface area (Å²) in [5.74, 6) is -1.58. The first-order valence-corrected chi connectivity index (χ1v) is 12.1. The second kappa shape index (κ2) is 12.5. The molecule has 0 spiro atoms. The molecule has 1 heterocycles. The highest BCUT2D eigenvalue weighted by molar-refractivity contribution is 6.39. The van der Waals surface area contributed by atoms with Crippen LogP contribution in [0.25, 0.3) is 6.08 Å². The van der Waals surface area contributed by atoms with Crippen LogP contribution in [0.5, 0.6) is 17.2 Å². The summed E-state index contributed by atoms with van der Waals surface area (Å²) < 4.78 is 20.7. The van der Waals surface area contributed by atoms with Crippen LogP contribution in [0.3, 0.4) is 0 Å². The van der Waals surface area contributed by atoms with Gasteiger partial charge < -0.3 is 24.3 Å². The van der Waals surface area contributed by atoms with Gasteiger partial charge in [-0.25, -0.2) is 14.5 Å². The summed E-state index contributed by atoms with van der Waals surface area (Å²) in [5.41, 5.74) is 1.02. The van der Waals surface area contributed by atoms with E-state index in [1.165, 1.54) is 56.7 Å². The van der Waals surface area contributed by atoms with Crippen LogP contribution >= 0.6 is 0 Å². The molecule has 1 fully saturated rings. The van der Waals surface area contributed by atoms with E-state index in [-0.39, 0.29) is 34.9 Å². The highest BCUT2D eigenvalue weighted by atomic mass is 16.5. The molecule has 210 valence electrons. The van der Waals surface area contributed by atoms with Gasteiger partial charge in [-0.3, -0.25) is 19.7 Å². The Morgan fingerprint density at radius 3 is 2.22 bits per heavy atom. The largest absolute Gasteiger partial charge is 0.497 e. The molecule has 5 amide bonds. The maximum atomic E-state index is 13.2. The topological polar surface area (TPSA) is 150 Å². The fraction of sp³-hybridized carbons (Fsp3) is 0.138. The van der Waals surface area contributed by atoms with Gasteiger partial charge in [-0.15, -0.1) is 0 Å². The number of ether oxygens (including phenoxy) is 4. The Morgan fingerprint density at radius 2 is 1.59 bits per heavy atom. The Labute approximate surface area is 234 Å². The number of hydrogen-bond acceptors (Lipinski definition) is 9. The maximum Gasteiger partial charge on any atom is 0.337 e. The zero-order chi connectivity index (χ0) is 29.5. The van der Waals surface area contributed by atoms with Crippen LogP contribution in [0.1, 0.15) is 15.9 Å². The second-order valence-electron chi connectivity index (χ2n) is 8.47. The number of urea groups is 1. The number of nitrogens with one attached hydrogen (secondary N) is 2. The molecule has 3 aromatic rings. The fourth-order valence-corrected chi connectivity index (χ4v) is 3.83. The fourth-order valence-electron chi connectivity index (χ4n) is 3.83. The number of carbonyl (C=O) groups excluding carboxylic acids is 5. The lowest BCUT2D eigenvalue weighted by Gasteiger charge is -2.26. The van der Waals surface area contributed by atoms with Crippen LogP contribution in [0, 0.1) is 0 Å². The molecule has 12 nitrogen and oxygen atoms in total. The van der Waals surface area contributed by atoms with E-state index in [2.05, 4.69) is 15.4 Å². The van der Waals surface area contributed by atoms with Crippen LogP contribution in [0.4, 0.5) is 16.2 Å². The van der Waals surface area contributed by atoms with Gasteiger partial charge in [-0.05, 0) is 72.3 Å². The van der Waals surface area contributed by atoms with Gasteiger partial charge in [0, 0.05) is 5.69 Å². The number of benzene rings is 3. The summed E-state index contributed by atoms with van der Waals surface area (Å²) in [6.07, 6.45) is 1.29. The van der Waals surface area contributed by atoms with Gasteiger partial charge in [0.1, 0.15) is 11.3 Å². The van der Waals surface area contributed by atoms with E-state index >= 15 is 0 Å². The Bertz CT molecular complexity index is 1530. The van der Waals surface area contributed by atoms with Gasteiger partial charge in [-0.1, -0.05) is 6.07 Å². The minimum Gasteiger partial charge on any atom is -0.497 e. The number of methoxy groups -OCH3 is 3. The molecule has 12 heteroatoms. The van der Waals surface area contributed by atoms with Crippen LogP contribution in [-0.2, 0) is 19.1 Å². The Balaban J connectivity index is 1.49. The van der Waals surface area contributed by atoms with Crippen molar-refractivity contribution in [3.05, 3.63) is 83.4 Å². The number of anilines is 2. The standard InChI is InChI=1S/C29H25N3O9/c1-38-21-11-7-19(8-12-21)30-25(33)16-41-23-13-4-17(15-24(23)39-2)14-22-26(34)31-29(37)32(27(22)35)20-9-5-18(6-10-20)28(36)40-3/h4-15H,16H2,1-3H3,(H,30,33)(H,31,34,37)/b22-14-. The summed E-state index contributed by atoms with van der Waals surface area (Å²) >= 11 is 0. The van der Waals surface area contributed by atoms with Crippen molar-refractivity contribution in [2.45, 2.75) is 0 Å². The third-order valence-electron chi connectivity index (χ3n) is 5.88. The molecule has 3 aromatic carbocycles. The summed E-state index contributed by atoms with van der Waals surface area (Å²) in [6.45, 7) is -0.310. The molecular weight excluding hydrogens is 534 g/mol. The lowest BCUT2D eigenvalue weighted by Crippen LogP contribution is -2.54. The quantitative estimate of drug-likeness (QED) is 0.229. The average Bonchev–Trinajstić information content (AvgIpc) is 2.98. The normalized spacial score (nSPS) is 13.9. The molecule has 0 bridgehead atoms. The summed E-state index contributed by atoms with van der Waals surface area (Å²) in [7, 11) is 4.17. The van der Waals surface area contributed by atoms with Gasteiger partial charge in [-0.2, -0.15) is 0 Å². The van der Waals surface area contributed by atoms with Crippen LogP contribution in [-0.4, -0.2) is 57.7 Å². The zero-order valence-electron chi connectivity index (χ0n) is 22.3. The average molecular weight is 560 g/mol. The van der Waals surface area contributed by atoms with E-state index in [9.17, 15) is 24.0 Å². The minimum absolute atomic E-state index is 0.146. The first kappa shape index (κ1) is 28.4. The van der Waals surface area contributed by atoms with Gasteiger partial charge in [0.15, 0.2) is 18.1 Å². The second-order valence-corrected chi connectivity index (χ2v) is 8.47. The number of rotatable bonds is 9. The minimum atomic E-state index is -0.933. The number of carbonyl (C=O) groups is 5. The predicted molar refractivity (Wildman–Crippen MR) is 147 cm³/mol. The van der Waals surface area contributed by atoms with Gasteiger partial charge in [0.2, 0.25) is 0 Å². The number of hydrogen-bond donors (Lipinski definition) is 2. The van der Waals surface area contributed by atoms with E-state index in [0.717, 1.165) is 4.90 Å². The van der Waals surface area contributed by atoms with Crippen molar-refractivity contribution < 1.29 is 42.9 Å². The molecule has 4 rings (SSSR count). The Hall–Kier alpha value is -5.65. The number of barbiturate groups is 1. The van der Waals surface area contributed by atoms with E-state index in [1.807, 2.05) is 0 Å². The smallest absolute Gasteiger partial charge is 0.337 e. The Kier molecular flexibility index (Phi) is 8.63. The lowest BCUT2D eigenvalue weighted by atomic mass is 10.1. The van der Waals surface area contributed by atoms with E-state index in [4.69, 9.17) is 14.2 Å². The predicted octanol–water partition coefficient (Wildman–Crippen LogP) is 3.17. The van der Waals surface area contributed by atoms with Crippen LogP contribution in [0.15, 0.2) is 72.3 Å². The van der Waals surface area contributed by atoms with Crippen molar-refractivity contribution in [2.24, 2.45) is 0 Å². The molecule has 1 saturated heterocycles. The highest BCUT2D eigenvalue weighted by Crippen LogP contribution is 2.30. The van der Waals surface area contributed by atoms with Gasteiger partial charge >= 0.3 is 12.0 Å².